The number of methoxy groups -OCH3 is 1. The summed E-state index contributed by atoms with van der Waals surface area (Å²) < 4.78 is 16.0. The van der Waals surface area contributed by atoms with Crippen LogP contribution >= 0.6 is 0 Å². The quantitative estimate of drug-likeness (QED) is 0.760. The van der Waals surface area contributed by atoms with E-state index in [-0.39, 0.29) is 18.5 Å². The van der Waals surface area contributed by atoms with Gasteiger partial charge in [0.2, 0.25) is 0 Å². The lowest BCUT2D eigenvalue weighted by molar-refractivity contribution is -0.145. The number of hydrogen-bond donors (Lipinski definition) is 0. The topological polar surface area (TPSA) is 44.8 Å². The van der Waals surface area contributed by atoms with Gasteiger partial charge in [0.25, 0.3) is 0 Å². The van der Waals surface area contributed by atoms with Gasteiger partial charge in [-0.1, -0.05) is 24.3 Å². The van der Waals surface area contributed by atoms with Crippen molar-refractivity contribution >= 4 is 5.97 Å². The summed E-state index contributed by atoms with van der Waals surface area (Å²) in [6, 6.07) is 16.8. The first kappa shape index (κ1) is 14.9. The normalized spacial score (nSPS) is 11.5. The molecule has 4 heteroatoms. The predicted octanol–water partition coefficient (Wildman–Crippen LogP) is 3.67. The smallest absolute Gasteiger partial charge is 0.311 e. The number of esters is 1. The van der Waals surface area contributed by atoms with Crippen molar-refractivity contribution in [2.75, 3.05) is 13.7 Å². The van der Waals surface area contributed by atoms with Crippen molar-refractivity contribution in [1.29, 1.82) is 0 Å². The van der Waals surface area contributed by atoms with Crippen LogP contribution in [0.25, 0.3) is 0 Å². The second-order valence-corrected chi connectivity index (χ2v) is 4.63. The zero-order valence-corrected chi connectivity index (χ0v) is 12.1. The van der Waals surface area contributed by atoms with Crippen LogP contribution in [0.2, 0.25) is 0 Å². The Balaban J connectivity index is 1.96. The third kappa shape index (κ3) is 4.53. The third-order valence-corrected chi connectivity index (χ3v) is 2.89. The Hall–Kier alpha value is -2.49. The monoisotopic (exact) mass is 286 g/mol. The van der Waals surface area contributed by atoms with Crippen LogP contribution in [0.1, 0.15) is 6.92 Å². The van der Waals surface area contributed by atoms with Crippen LogP contribution in [-0.4, -0.2) is 19.7 Å². The van der Waals surface area contributed by atoms with Gasteiger partial charge in [0.15, 0.2) is 0 Å². The second-order valence-electron chi connectivity index (χ2n) is 4.63. The minimum atomic E-state index is -0.311. The number of hydrogen-bond acceptors (Lipinski definition) is 4. The molecule has 0 bridgehead atoms. The molecule has 2 aromatic carbocycles. The van der Waals surface area contributed by atoms with Crippen LogP contribution in [0, 0.1) is 5.92 Å². The van der Waals surface area contributed by atoms with Crippen molar-refractivity contribution in [2.24, 2.45) is 5.92 Å². The van der Waals surface area contributed by atoms with Gasteiger partial charge in [-0.05, 0) is 31.2 Å². The largest absolute Gasteiger partial charge is 0.493 e. The van der Waals surface area contributed by atoms with Gasteiger partial charge < -0.3 is 14.2 Å². The predicted molar refractivity (Wildman–Crippen MR) is 79.6 cm³/mol. The maximum Gasteiger partial charge on any atom is 0.311 e. The zero-order chi connectivity index (χ0) is 15.1. The first-order valence-corrected chi connectivity index (χ1v) is 6.72. The number of rotatable bonds is 6. The Morgan fingerprint density at radius 3 is 2.38 bits per heavy atom. The summed E-state index contributed by atoms with van der Waals surface area (Å²) in [6.45, 7) is 2.03. The molecule has 2 rings (SSSR count). The van der Waals surface area contributed by atoms with E-state index in [0.717, 1.165) is 5.75 Å². The van der Waals surface area contributed by atoms with Crippen molar-refractivity contribution in [3.63, 3.8) is 0 Å². The molecule has 0 spiro atoms. The Kier molecular flexibility index (Phi) is 5.21. The lowest BCUT2D eigenvalue weighted by atomic mass is 10.2. The van der Waals surface area contributed by atoms with Gasteiger partial charge in [-0.15, -0.1) is 0 Å². The van der Waals surface area contributed by atoms with Crippen LogP contribution in [0.5, 0.6) is 17.2 Å². The molecule has 0 N–H and O–H groups in total. The highest BCUT2D eigenvalue weighted by atomic mass is 16.5. The maximum absolute atomic E-state index is 11.3. The molecule has 0 aromatic heterocycles. The highest BCUT2D eigenvalue weighted by molar-refractivity contribution is 5.71. The van der Waals surface area contributed by atoms with Crippen LogP contribution in [0.4, 0.5) is 0 Å². The van der Waals surface area contributed by atoms with Crippen LogP contribution < -0.4 is 9.47 Å². The van der Waals surface area contributed by atoms with Gasteiger partial charge in [0, 0.05) is 6.07 Å². The molecular formula is C17H18O4. The molecule has 0 radical (unpaired) electrons. The minimum absolute atomic E-state index is 0.265. The van der Waals surface area contributed by atoms with Gasteiger partial charge in [0.1, 0.15) is 23.9 Å². The molecule has 0 saturated heterocycles. The first-order chi connectivity index (χ1) is 10.2. The second kappa shape index (κ2) is 7.33. The van der Waals surface area contributed by atoms with E-state index in [0.29, 0.717) is 11.5 Å². The fourth-order valence-electron chi connectivity index (χ4n) is 1.74. The Morgan fingerprint density at radius 2 is 1.67 bits per heavy atom. The van der Waals surface area contributed by atoms with Gasteiger partial charge >= 0.3 is 5.97 Å². The SMILES string of the molecule is COC(=O)C(C)COc1cccc(Oc2ccccc2)c1. The van der Waals surface area contributed by atoms with Gasteiger partial charge in [-0.25, -0.2) is 0 Å². The molecule has 0 amide bonds. The summed E-state index contributed by atoms with van der Waals surface area (Å²) in [5.74, 6) is 1.50. The molecule has 0 heterocycles. The summed E-state index contributed by atoms with van der Waals surface area (Å²) in [5, 5.41) is 0. The Labute approximate surface area is 124 Å². The Morgan fingerprint density at radius 1 is 1.00 bits per heavy atom. The number of para-hydroxylation sites is 1. The van der Waals surface area contributed by atoms with Gasteiger partial charge in [-0.3, -0.25) is 4.79 Å². The standard InChI is InChI=1S/C17H18O4/c1-13(17(18)19-2)12-20-15-9-6-10-16(11-15)21-14-7-4-3-5-8-14/h3-11,13H,12H2,1-2H3. The number of carbonyl (C=O) groups is 1. The molecule has 21 heavy (non-hydrogen) atoms. The lowest BCUT2D eigenvalue weighted by Crippen LogP contribution is -2.19. The van der Waals surface area contributed by atoms with E-state index < -0.39 is 0 Å². The summed E-state index contributed by atoms with van der Waals surface area (Å²) in [4.78, 5) is 11.3. The highest BCUT2D eigenvalue weighted by Crippen LogP contribution is 2.25. The molecule has 1 unspecified atom stereocenters. The maximum atomic E-state index is 11.3. The summed E-state index contributed by atoms with van der Waals surface area (Å²) in [6.07, 6.45) is 0. The van der Waals surface area contributed by atoms with Crippen molar-refractivity contribution < 1.29 is 19.0 Å². The molecule has 0 saturated carbocycles. The van der Waals surface area contributed by atoms with Crippen molar-refractivity contribution in [1.82, 2.24) is 0 Å². The van der Waals surface area contributed by atoms with E-state index in [1.54, 1.807) is 13.0 Å². The minimum Gasteiger partial charge on any atom is -0.493 e. The average molecular weight is 286 g/mol. The van der Waals surface area contributed by atoms with E-state index in [4.69, 9.17) is 9.47 Å². The fourth-order valence-corrected chi connectivity index (χ4v) is 1.74. The average Bonchev–Trinajstić information content (AvgIpc) is 2.53. The number of carbonyl (C=O) groups excluding carboxylic acids is 1. The number of benzene rings is 2. The molecule has 0 aliphatic rings. The van der Waals surface area contributed by atoms with E-state index in [1.165, 1.54) is 7.11 Å². The first-order valence-electron chi connectivity index (χ1n) is 6.72. The molecule has 4 nitrogen and oxygen atoms in total. The van der Waals surface area contributed by atoms with Crippen molar-refractivity contribution in [2.45, 2.75) is 6.92 Å². The van der Waals surface area contributed by atoms with Gasteiger partial charge in [-0.2, -0.15) is 0 Å². The fraction of sp³-hybridized carbons (Fsp3) is 0.235. The van der Waals surface area contributed by atoms with Crippen molar-refractivity contribution in [3.8, 4) is 17.2 Å². The van der Waals surface area contributed by atoms with Crippen molar-refractivity contribution in [3.05, 3.63) is 54.6 Å². The Bertz CT molecular complexity index is 580. The van der Waals surface area contributed by atoms with Crippen LogP contribution in [0.3, 0.4) is 0 Å². The van der Waals surface area contributed by atoms with E-state index in [2.05, 4.69) is 4.74 Å². The molecule has 1 atom stereocenters. The summed E-state index contributed by atoms with van der Waals surface area (Å²) in [5.41, 5.74) is 0. The number of ether oxygens (including phenoxy) is 3. The molecule has 0 aliphatic heterocycles. The molecule has 0 fully saturated rings. The molecule has 2 aromatic rings. The zero-order valence-electron chi connectivity index (χ0n) is 12.1. The summed E-state index contributed by atoms with van der Waals surface area (Å²) >= 11 is 0. The lowest BCUT2D eigenvalue weighted by Gasteiger charge is -2.12. The van der Waals surface area contributed by atoms with E-state index in [1.807, 2.05) is 48.5 Å². The summed E-state index contributed by atoms with van der Waals surface area (Å²) in [7, 11) is 1.37. The van der Waals surface area contributed by atoms with E-state index in [9.17, 15) is 4.79 Å². The van der Waals surface area contributed by atoms with Crippen LogP contribution in [-0.2, 0) is 9.53 Å². The molecular weight excluding hydrogens is 268 g/mol. The highest BCUT2D eigenvalue weighted by Gasteiger charge is 2.13. The molecule has 0 aliphatic carbocycles. The van der Waals surface area contributed by atoms with Gasteiger partial charge in [0.05, 0.1) is 13.0 Å². The van der Waals surface area contributed by atoms with Crippen LogP contribution in [0.15, 0.2) is 54.6 Å². The van der Waals surface area contributed by atoms with E-state index >= 15 is 0 Å². The third-order valence-electron chi connectivity index (χ3n) is 2.89. The molecule has 110 valence electrons.